The molecule has 1 rings (SSSR count). The van der Waals surface area contributed by atoms with Gasteiger partial charge in [0.25, 0.3) is 0 Å². The molecule has 0 bridgehead atoms. The average molecular weight is 114 g/mol. The molecule has 1 fully saturated rings. The SMILES string of the molecule is CC[C@]1(O)CC1(C)C. The molecule has 1 atom stereocenters. The largest absolute Gasteiger partial charge is 0.389 e. The molecule has 1 saturated carbocycles. The van der Waals surface area contributed by atoms with Crippen molar-refractivity contribution in [1.82, 2.24) is 0 Å². The molecule has 0 aromatic rings. The highest BCUT2D eigenvalue weighted by molar-refractivity contribution is 5.09. The maximum absolute atomic E-state index is 9.47. The lowest BCUT2D eigenvalue weighted by Gasteiger charge is -2.08. The van der Waals surface area contributed by atoms with E-state index in [4.69, 9.17) is 0 Å². The van der Waals surface area contributed by atoms with Crippen LogP contribution in [0.15, 0.2) is 0 Å². The van der Waals surface area contributed by atoms with Crippen LogP contribution in [0.4, 0.5) is 0 Å². The molecule has 1 aliphatic carbocycles. The molecular formula is C7H14O. The Balaban J connectivity index is 2.55. The van der Waals surface area contributed by atoms with Crippen LogP contribution in [0.3, 0.4) is 0 Å². The van der Waals surface area contributed by atoms with Crippen LogP contribution in [0.2, 0.25) is 0 Å². The van der Waals surface area contributed by atoms with Gasteiger partial charge in [0.15, 0.2) is 0 Å². The maximum atomic E-state index is 9.47. The van der Waals surface area contributed by atoms with E-state index in [1.54, 1.807) is 0 Å². The van der Waals surface area contributed by atoms with E-state index in [9.17, 15) is 5.11 Å². The zero-order chi connectivity index (χ0) is 6.41. The van der Waals surface area contributed by atoms with Crippen molar-refractivity contribution in [3.8, 4) is 0 Å². The Morgan fingerprint density at radius 1 is 1.50 bits per heavy atom. The minimum Gasteiger partial charge on any atom is -0.389 e. The van der Waals surface area contributed by atoms with Gasteiger partial charge in [0.1, 0.15) is 0 Å². The average Bonchev–Trinajstić information content (AvgIpc) is 2.10. The van der Waals surface area contributed by atoms with Crippen LogP contribution in [0, 0.1) is 5.41 Å². The first-order valence-corrected chi connectivity index (χ1v) is 3.24. The first kappa shape index (κ1) is 6.09. The highest BCUT2D eigenvalue weighted by Gasteiger charge is 2.58. The second-order valence-corrected chi connectivity index (χ2v) is 3.45. The first-order chi connectivity index (χ1) is 3.52. The van der Waals surface area contributed by atoms with Gasteiger partial charge >= 0.3 is 0 Å². The Bertz CT molecular complexity index is 107. The summed E-state index contributed by atoms with van der Waals surface area (Å²) in [5.74, 6) is 0. The fourth-order valence-corrected chi connectivity index (χ4v) is 1.29. The lowest BCUT2D eigenvalue weighted by Crippen LogP contribution is -2.12. The summed E-state index contributed by atoms with van der Waals surface area (Å²) in [5, 5.41) is 9.47. The minimum atomic E-state index is -0.312. The molecule has 0 aromatic carbocycles. The Hall–Kier alpha value is -0.0400. The van der Waals surface area contributed by atoms with E-state index in [1.807, 2.05) is 6.92 Å². The van der Waals surface area contributed by atoms with Crippen molar-refractivity contribution >= 4 is 0 Å². The summed E-state index contributed by atoms with van der Waals surface area (Å²) in [5.41, 5.74) is -0.102. The van der Waals surface area contributed by atoms with E-state index in [0.717, 1.165) is 12.8 Å². The van der Waals surface area contributed by atoms with Gasteiger partial charge in [0, 0.05) is 0 Å². The molecule has 0 heterocycles. The van der Waals surface area contributed by atoms with Gasteiger partial charge in [0.2, 0.25) is 0 Å². The molecule has 1 heteroatoms. The molecule has 0 aliphatic heterocycles. The number of rotatable bonds is 1. The molecule has 1 N–H and O–H groups in total. The Morgan fingerprint density at radius 3 is 1.88 bits per heavy atom. The van der Waals surface area contributed by atoms with Crippen LogP contribution in [0.1, 0.15) is 33.6 Å². The second kappa shape index (κ2) is 1.27. The zero-order valence-electron chi connectivity index (χ0n) is 5.86. The Kier molecular flexibility index (Phi) is 0.965. The van der Waals surface area contributed by atoms with Gasteiger partial charge in [-0.2, -0.15) is 0 Å². The summed E-state index contributed by atoms with van der Waals surface area (Å²) < 4.78 is 0. The third-order valence-electron chi connectivity index (χ3n) is 2.45. The van der Waals surface area contributed by atoms with Crippen molar-refractivity contribution in [3.63, 3.8) is 0 Å². The van der Waals surface area contributed by atoms with Gasteiger partial charge in [-0.25, -0.2) is 0 Å². The van der Waals surface area contributed by atoms with Gasteiger partial charge in [0.05, 0.1) is 5.60 Å². The van der Waals surface area contributed by atoms with Crippen molar-refractivity contribution in [3.05, 3.63) is 0 Å². The topological polar surface area (TPSA) is 20.2 Å². The maximum Gasteiger partial charge on any atom is 0.0703 e. The van der Waals surface area contributed by atoms with E-state index in [-0.39, 0.29) is 11.0 Å². The zero-order valence-corrected chi connectivity index (χ0v) is 5.86. The molecular weight excluding hydrogens is 100 g/mol. The van der Waals surface area contributed by atoms with E-state index in [2.05, 4.69) is 13.8 Å². The summed E-state index contributed by atoms with van der Waals surface area (Å²) in [4.78, 5) is 0. The van der Waals surface area contributed by atoms with Crippen LogP contribution >= 0.6 is 0 Å². The molecule has 0 radical (unpaired) electrons. The Labute approximate surface area is 50.7 Å². The van der Waals surface area contributed by atoms with Crippen LogP contribution in [-0.4, -0.2) is 10.7 Å². The normalized spacial score (nSPS) is 42.0. The number of hydrogen-bond donors (Lipinski definition) is 1. The standard InChI is InChI=1S/C7H14O/c1-4-7(8)5-6(7,2)3/h8H,4-5H2,1-3H3/t7-/m0/s1. The van der Waals surface area contributed by atoms with Crippen molar-refractivity contribution < 1.29 is 5.11 Å². The summed E-state index contributed by atoms with van der Waals surface area (Å²) in [6.45, 7) is 6.25. The quantitative estimate of drug-likeness (QED) is 0.548. The van der Waals surface area contributed by atoms with E-state index < -0.39 is 0 Å². The number of hydrogen-bond acceptors (Lipinski definition) is 1. The highest BCUT2D eigenvalue weighted by Crippen LogP contribution is 2.57. The van der Waals surface area contributed by atoms with Crippen molar-refractivity contribution in [1.29, 1.82) is 0 Å². The minimum absolute atomic E-state index is 0.210. The molecule has 0 unspecified atom stereocenters. The fourth-order valence-electron chi connectivity index (χ4n) is 1.29. The summed E-state index contributed by atoms with van der Waals surface area (Å²) in [7, 11) is 0. The van der Waals surface area contributed by atoms with Gasteiger partial charge in [-0.05, 0) is 18.3 Å². The summed E-state index contributed by atoms with van der Waals surface area (Å²) >= 11 is 0. The van der Waals surface area contributed by atoms with Gasteiger partial charge in [-0.1, -0.05) is 20.8 Å². The predicted molar refractivity (Wildman–Crippen MR) is 33.6 cm³/mol. The van der Waals surface area contributed by atoms with Crippen molar-refractivity contribution in [2.75, 3.05) is 0 Å². The van der Waals surface area contributed by atoms with E-state index in [0.29, 0.717) is 0 Å². The third kappa shape index (κ3) is 0.576. The number of aliphatic hydroxyl groups is 1. The molecule has 1 aliphatic rings. The molecule has 48 valence electrons. The van der Waals surface area contributed by atoms with Crippen LogP contribution in [-0.2, 0) is 0 Å². The second-order valence-electron chi connectivity index (χ2n) is 3.45. The van der Waals surface area contributed by atoms with Crippen molar-refractivity contribution in [2.24, 2.45) is 5.41 Å². The molecule has 0 amide bonds. The Morgan fingerprint density at radius 2 is 1.88 bits per heavy atom. The summed E-state index contributed by atoms with van der Waals surface area (Å²) in [6, 6.07) is 0. The lowest BCUT2D eigenvalue weighted by molar-refractivity contribution is 0.105. The molecule has 8 heavy (non-hydrogen) atoms. The van der Waals surface area contributed by atoms with Crippen LogP contribution in [0.25, 0.3) is 0 Å². The molecule has 0 saturated heterocycles. The highest BCUT2D eigenvalue weighted by atomic mass is 16.3. The van der Waals surface area contributed by atoms with Gasteiger partial charge in [-0.15, -0.1) is 0 Å². The van der Waals surface area contributed by atoms with Gasteiger partial charge in [-0.3, -0.25) is 0 Å². The molecule has 0 spiro atoms. The smallest absolute Gasteiger partial charge is 0.0703 e. The summed E-state index contributed by atoms with van der Waals surface area (Å²) in [6.07, 6.45) is 1.89. The van der Waals surface area contributed by atoms with Crippen molar-refractivity contribution in [2.45, 2.75) is 39.2 Å². The lowest BCUT2D eigenvalue weighted by atomic mass is 10.1. The fraction of sp³-hybridized carbons (Fsp3) is 1.00. The third-order valence-corrected chi connectivity index (χ3v) is 2.45. The van der Waals surface area contributed by atoms with Crippen LogP contribution in [0.5, 0.6) is 0 Å². The predicted octanol–water partition coefficient (Wildman–Crippen LogP) is 1.56. The molecule has 0 aromatic heterocycles. The van der Waals surface area contributed by atoms with Crippen LogP contribution < -0.4 is 0 Å². The first-order valence-electron chi connectivity index (χ1n) is 3.24. The molecule has 1 nitrogen and oxygen atoms in total. The van der Waals surface area contributed by atoms with Gasteiger partial charge < -0.3 is 5.11 Å². The monoisotopic (exact) mass is 114 g/mol. The van der Waals surface area contributed by atoms with E-state index in [1.165, 1.54) is 0 Å². The van der Waals surface area contributed by atoms with E-state index >= 15 is 0 Å².